The number of aliphatic imine (C=N–C) groups is 1. The molecule has 6 heteroatoms. The second kappa shape index (κ2) is 4.04. The van der Waals surface area contributed by atoms with E-state index in [4.69, 9.17) is 5.73 Å². The second-order valence-electron chi connectivity index (χ2n) is 1.53. The summed E-state index contributed by atoms with van der Waals surface area (Å²) in [6, 6.07) is -0.966. The minimum atomic E-state index is -0.966. The van der Waals surface area contributed by atoms with Crippen LogP contribution >= 0.6 is 0 Å². The first-order valence-corrected chi connectivity index (χ1v) is 2.63. The Balaban J connectivity index is 4.06. The summed E-state index contributed by atoms with van der Waals surface area (Å²) in [5.41, 5.74) is 9.65. The molecule has 3 amide bonds. The van der Waals surface area contributed by atoms with E-state index in [0.717, 1.165) is 6.08 Å². The van der Waals surface area contributed by atoms with Crippen molar-refractivity contribution in [1.29, 1.82) is 0 Å². The largest absolute Gasteiger partial charge is 0.369 e. The van der Waals surface area contributed by atoms with Gasteiger partial charge in [0.25, 0.3) is 0 Å². The van der Waals surface area contributed by atoms with Gasteiger partial charge in [0.05, 0.1) is 0 Å². The summed E-state index contributed by atoms with van der Waals surface area (Å²) in [6.07, 6.45) is 0.989. The summed E-state index contributed by atoms with van der Waals surface area (Å²) < 4.78 is 0. The molecule has 0 aliphatic rings. The molecule has 0 unspecified atom stereocenters. The van der Waals surface area contributed by atoms with E-state index in [2.05, 4.69) is 17.3 Å². The Morgan fingerprint density at radius 3 is 2.36 bits per heavy atom. The number of guanidine groups is 1. The van der Waals surface area contributed by atoms with Crippen molar-refractivity contribution in [3.8, 4) is 0 Å². The number of nitrogens with two attached hydrogens (primary N) is 2. The Labute approximate surface area is 63.0 Å². The molecule has 0 bridgehead atoms. The number of carbonyl (C=O) groups excluding carboxylic acids is 2. The Kier molecular flexibility index (Phi) is 3.36. The average molecular weight is 156 g/mol. The van der Waals surface area contributed by atoms with Crippen LogP contribution in [0.3, 0.4) is 0 Å². The molecule has 60 valence electrons. The van der Waals surface area contributed by atoms with Gasteiger partial charge in [-0.1, -0.05) is 6.58 Å². The van der Waals surface area contributed by atoms with Crippen LogP contribution in [-0.4, -0.2) is 17.9 Å². The number of carbonyl (C=O) groups is 2. The number of hydrogen-bond donors (Lipinski definition) is 3. The van der Waals surface area contributed by atoms with Crippen LogP contribution in [0.25, 0.3) is 0 Å². The van der Waals surface area contributed by atoms with Gasteiger partial charge in [0.2, 0.25) is 11.9 Å². The van der Waals surface area contributed by atoms with Crippen molar-refractivity contribution in [3.63, 3.8) is 0 Å². The molecule has 11 heavy (non-hydrogen) atoms. The fourth-order valence-corrected chi connectivity index (χ4v) is 0.324. The van der Waals surface area contributed by atoms with Gasteiger partial charge in [0.1, 0.15) is 0 Å². The van der Waals surface area contributed by atoms with Crippen LogP contribution < -0.4 is 16.8 Å². The van der Waals surface area contributed by atoms with E-state index in [9.17, 15) is 9.59 Å². The van der Waals surface area contributed by atoms with Crippen LogP contribution in [-0.2, 0) is 4.79 Å². The molecule has 6 nitrogen and oxygen atoms in total. The fourth-order valence-electron chi connectivity index (χ4n) is 0.324. The molecular formula is C5H8N4O2. The van der Waals surface area contributed by atoms with Gasteiger partial charge in [-0.2, -0.15) is 4.99 Å². The zero-order valence-corrected chi connectivity index (χ0v) is 5.70. The van der Waals surface area contributed by atoms with Crippen LogP contribution in [0.5, 0.6) is 0 Å². The van der Waals surface area contributed by atoms with Gasteiger partial charge in [-0.25, -0.2) is 4.79 Å². The maximum atomic E-state index is 10.5. The molecular weight excluding hydrogens is 148 g/mol. The predicted octanol–water partition coefficient (Wildman–Crippen LogP) is -1.32. The zero-order valence-electron chi connectivity index (χ0n) is 5.70. The van der Waals surface area contributed by atoms with E-state index in [1.165, 1.54) is 0 Å². The first-order chi connectivity index (χ1) is 5.06. The van der Waals surface area contributed by atoms with Crippen LogP contribution in [0.2, 0.25) is 0 Å². The zero-order chi connectivity index (χ0) is 8.85. The van der Waals surface area contributed by atoms with E-state index in [0.29, 0.717) is 0 Å². The number of urea groups is 1. The maximum Gasteiger partial charge on any atom is 0.341 e. The molecule has 0 saturated carbocycles. The molecule has 0 saturated heterocycles. The Morgan fingerprint density at radius 2 is 2.00 bits per heavy atom. The molecule has 0 fully saturated rings. The number of nitrogens with zero attached hydrogens (tertiary/aromatic N) is 1. The van der Waals surface area contributed by atoms with Gasteiger partial charge < -0.3 is 11.5 Å². The third kappa shape index (κ3) is 4.64. The monoisotopic (exact) mass is 156 g/mol. The number of rotatable bonds is 1. The molecule has 0 aromatic heterocycles. The van der Waals surface area contributed by atoms with Crippen LogP contribution in [0.4, 0.5) is 4.79 Å². The lowest BCUT2D eigenvalue weighted by atomic mass is 10.6. The first-order valence-electron chi connectivity index (χ1n) is 2.63. The van der Waals surface area contributed by atoms with Gasteiger partial charge in [-0.3, -0.25) is 10.1 Å². The highest BCUT2D eigenvalue weighted by Crippen LogP contribution is 1.69. The summed E-state index contributed by atoms with van der Waals surface area (Å²) in [4.78, 5) is 23.5. The summed E-state index contributed by atoms with van der Waals surface area (Å²) in [6.45, 7) is 3.15. The lowest BCUT2D eigenvalue weighted by Gasteiger charge is -1.96. The van der Waals surface area contributed by atoms with Crippen molar-refractivity contribution in [3.05, 3.63) is 12.7 Å². The predicted molar refractivity (Wildman–Crippen MR) is 39.5 cm³/mol. The highest BCUT2D eigenvalue weighted by molar-refractivity contribution is 6.04. The van der Waals surface area contributed by atoms with Gasteiger partial charge in [-0.05, 0) is 6.08 Å². The van der Waals surface area contributed by atoms with E-state index in [1.807, 2.05) is 5.32 Å². The number of hydrogen-bond acceptors (Lipinski definition) is 2. The standard InChI is InChI=1S/C5H8N4O2/c1-2-3(10)8-4(6)9-5(7)11/h2H,1H2,(H5,6,7,8,9,10,11). The highest BCUT2D eigenvalue weighted by Gasteiger charge is 1.97. The summed E-state index contributed by atoms with van der Waals surface area (Å²) in [5, 5.41) is 2.03. The number of primary amides is 1. The molecule has 5 N–H and O–H groups in total. The summed E-state index contributed by atoms with van der Waals surface area (Å²) in [7, 11) is 0. The van der Waals surface area contributed by atoms with Crippen molar-refractivity contribution in [2.24, 2.45) is 16.5 Å². The third-order valence-corrected chi connectivity index (χ3v) is 0.667. The van der Waals surface area contributed by atoms with E-state index in [-0.39, 0.29) is 5.96 Å². The highest BCUT2D eigenvalue weighted by atomic mass is 16.2. The van der Waals surface area contributed by atoms with Crippen molar-refractivity contribution in [1.82, 2.24) is 5.32 Å². The molecule has 0 aliphatic heterocycles. The van der Waals surface area contributed by atoms with Crippen LogP contribution in [0, 0.1) is 0 Å². The van der Waals surface area contributed by atoms with E-state index >= 15 is 0 Å². The fraction of sp³-hybridized carbons (Fsp3) is 0. The molecule has 0 radical (unpaired) electrons. The first kappa shape index (κ1) is 9.15. The molecule has 0 atom stereocenters. The van der Waals surface area contributed by atoms with Crippen LogP contribution in [0.15, 0.2) is 17.6 Å². The molecule has 0 aromatic carbocycles. The molecule has 0 rings (SSSR count). The quantitative estimate of drug-likeness (QED) is 0.249. The van der Waals surface area contributed by atoms with Crippen molar-refractivity contribution in [2.45, 2.75) is 0 Å². The minimum absolute atomic E-state index is 0.345. The third-order valence-electron chi connectivity index (χ3n) is 0.667. The van der Waals surface area contributed by atoms with Gasteiger partial charge in [0.15, 0.2) is 0 Å². The Hall–Kier alpha value is -1.85. The average Bonchev–Trinajstić information content (AvgIpc) is 1.85. The number of nitrogens with one attached hydrogen (secondary N) is 1. The van der Waals surface area contributed by atoms with Crippen molar-refractivity contribution in [2.75, 3.05) is 0 Å². The number of amides is 3. The summed E-state index contributed by atoms with van der Waals surface area (Å²) >= 11 is 0. The Morgan fingerprint density at radius 1 is 1.45 bits per heavy atom. The summed E-state index contributed by atoms with van der Waals surface area (Å²) in [5.74, 6) is -0.894. The van der Waals surface area contributed by atoms with Crippen molar-refractivity contribution >= 4 is 17.9 Å². The smallest absolute Gasteiger partial charge is 0.341 e. The molecule has 0 heterocycles. The molecule has 0 aromatic rings. The minimum Gasteiger partial charge on any atom is -0.369 e. The molecule has 0 spiro atoms. The lowest BCUT2D eigenvalue weighted by Crippen LogP contribution is -2.36. The normalized spacial score (nSPS) is 10.4. The van der Waals surface area contributed by atoms with Gasteiger partial charge >= 0.3 is 6.03 Å². The Bertz CT molecular complexity index is 221. The van der Waals surface area contributed by atoms with Crippen molar-refractivity contribution < 1.29 is 9.59 Å². The van der Waals surface area contributed by atoms with Gasteiger partial charge in [0, 0.05) is 0 Å². The SMILES string of the molecule is C=CC(=O)N/C(N)=N/C(N)=O. The topological polar surface area (TPSA) is 111 Å². The maximum absolute atomic E-state index is 10.5. The lowest BCUT2D eigenvalue weighted by molar-refractivity contribution is -0.115. The molecule has 0 aliphatic carbocycles. The van der Waals surface area contributed by atoms with Gasteiger partial charge in [-0.15, -0.1) is 0 Å². The van der Waals surface area contributed by atoms with E-state index in [1.54, 1.807) is 0 Å². The second-order valence-corrected chi connectivity index (χ2v) is 1.53. The van der Waals surface area contributed by atoms with E-state index < -0.39 is 11.9 Å². The van der Waals surface area contributed by atoms with Crippen LogP contribution in [0.1, 0.15) is 0 Å².